The Morgan fingerprint density at radius 1 is 1.33 bits per heavy atom. The number of nitrogens with one attached hydrogen (secondary N) is 1. The van der Waals surface area contributed by atoms with E-state index in [0.29, 0.717) is 23.1 Å². The second-order valence-electron chi connectivity index (χ2n) is 6.04. The standard InChI is InChI=1S/C16H21NO3S/c1-3-20-16(19)13-11-8-9(2)4-7-12(11)21-15(13)17-14(18)10-5-6-10/h9-10H,3-8H2,1-2H3,(H,17,18). The van der Waals surface area contributed by atoms with Crippen molar-refractivity contribution in [3.63, 3.8) is 0 Å². The summed E-state index contributed by atoms with van der Waals surface area (Å²) < 4.78 is 5.20. The molecule has 4 nitrogen and oxygen atoms in total. The summed E-state index contributed by atoms with van der Waals surface area (Å²) >= 11 is 1.56. The summed E-state index contributed by atoms with van der Waals surface area (Å²) in [6, 6.07) is 0. The first-order valence-electron chi connectivity index (χ1n) is 7.72. The van der Waals surface area contributed by atoms with Crippen LogP contribution < -0.4 is 5.32 Å². The van der Waals surface area contributed by atoms with Crippen molar-refractivity contribution < 1.29 is 14.3 Å². The third-order valence-electron chi connectivity index (χ3n) is 4.17. The van der Waals surface area contributed by atoms with Crippen molar-refractivity contribution in [3.8, 4) is 0 Å². The summed E-state index contributed by atoms with van der Waals surface area (Å²) in [4.78, 5) is 25.6. The molecule has 1 saturated carbocycles. The Kier molecular flexibility index (Phi) is 4.02. The third-order valence-corrected chi connectivity index (χ3v) is 5.38. The highest BCUT2D eigenvalue weighted by Crippen LogP contribution is 2.41. The van der Waals surface area contributed by atoms with Gasteiger partial charge in [0.2, 0.25) is 5.91 Å². The van der Waals surface area contributed by atoms with Gasteiger partial charge in [0.25, 0.3) is 0 Å². The van der Waals surface area contributed by atoms with Crippen LogP contribution in [0.25, 0.3) is 0 Å². The number of amides is 1. The molecule has 0 spiro atoms. The van der Waals surface area contributed by atoms with Crippen LogP contribution in [-0.4, -0.2) is 18.5 Å². The topological polar surface area (TPSA) is 55.4 Å². The van der Waals surface area contributed by atoms with Gasteiger partial charge >= 0.3 is 5.97 Å². The molecule has 3 rings (SSSR count). The van der Waals surface area contributed by atoms with E-state index in [1.54, 1.807) is 11.3 Å². The van der Waals surface area contributed by atoms with Crippen LogP contribution in [0.15, 0.2) is 0 Å². The molecule has 0 radical (unpaired) electrons. The molecule has 0 aliphatic heterocycles. The van der Waals surface area contributed by atoms with Crippen LogP contribution in [0, 0.1) is 11.8 Å². The van der Waals surface area contributed by atoms with Crippen molar-refractivity contribution in [1.82, 2.24) is 0 Å². The second-order valence-corrected chi connectivity index (χ2v) is 7.15. The first kappa shape index (κ1) is 14.6. The van der Waals surface area contributed by atoms with E-state index in [4.69, 9.17) is 4.74 Å². The molecule has 1 atom stereocenters. The second kappa shape index (κ2) is 5.79. The van der Waals surface area contributed by atoms with Gasteiger partial charge in [0, 0.05) is 10.8 Å². The summed E-state index contributed by atoms with van der Waals surface area (Å²) in [6.07, 6.45) is 4.96. The van der Waals surface area contributed by atoms with E-state index in [1.165, 1.54) is 4.88 Å². The van der Waals surface area contributed by atoms with Gasteiger partial charge in [-0.1, -0.05) is 6.92 Å². The molecular formula is C16H21NO3S. The van der Waals surface area contributed by atoms with Gasteiger partial charge in [-0.3, -0.25) is 4.79 Å². The van der Waals surface area contributed by atoms with Crippen LogP contribution in [-0.2, 0) is 22.4 Å². The summed E-state index contributed by atoms with van der Waals surface area (Å²) in [6.45, 7) is 4.37. The minimum atomic E-state index is -0.296. The molecule has 1 amide bonds. The molecule has 1 N–H and O–H groups in total. The number of hydrogen-bond acceptors (Lipinski definition) is 4. The van der Waals surface area contributed by atoms with Gasteiger partial charge in [-0.2, -0.15) is 0 Å². The fourth-order valence-electron chi connectivity index (χ4n) is 2.82. The number of hydrogen-bond donors (Lipinski definition) is 1. The molecule has 0 saturated heterocycles. The molecule has 1 fully saturated rings. The van der Waals surface area contributed by atoms with Crippen molar-refractivity contribution in [1.29, 1.82) is 0 Å². The van der Waals surface area contributed by atoms with E-state index in [9.17, 15) is 9.59 Å². The molecule has 2 aliphatic rings. The number of thiophene rings is 1. The molecule has 0 bridgehead atoms. The lowest BCUT2D eigenvalue weighted by molar-refractivity contribution is -0.117. The predicted octanol–water partition coefficient (Wildman–Crippen LogP) is 3.40. The van der Waals surface area contributed by atoms with Crippen molar-refractivity contribution >= 4 is 28.2 Å². The highest BCUT2D eigenvalue weighted by atomic mass is 32.1. The monoisotopic (exact) mass is 307 g/mol. The molecule has 1 aromatic heterocycles. The number of carbonyl (C=O) groups is 2. The highest BCUT2D eigenvalue weighted by Gasteiger charge is 2.33. The molecule has 1 heterocycles. The van der Waals surface area contributed by atoms with Crippen molar-refractivity contribution in [2.45, 2.75) is 46.0 Å². The molecular weight excluding hydrogens is 286 g/mol. The number of anilines is 1. The maximum Gasteiger partial charge on any atom is 0.341 e. The lowest BCUT2D eigenvalue weighted by Gasteiger charge is -2.18. The Morgan fingerprint density at radius 3 is 2.76 bits per heavy atom. The summed E-state index contributed by atoms with van der Waals surface area (Å²) in [5, 5.41) is 3.66. The van der Waals surface area contributed by atoms with E-state index in [0.717, 1.165) is 37.7 Å². The number of fused-ring (bicyclic) bond motifs is 1. The quantitative estimate of drug-likeness (QED) is 0.867. The Bertz CT molecular complexity index is 574. The fraction of sp³-hybridized carbons (Fsp3) is 0.625. The van der Waals surface area contributed by atoms with Gasteiger partial charge in [-0.05, 0) is 50.5 Å². The van der Waals surface area contributed by atoms with E-state index < -0.39 is 0 Å². The van der Waals surface area contributed by atoms with Gasteiger partial charge < -0.3 is 10.1 Å². The first-order chi connectivity index (χ1) is 10.1. The van der Waals surface area contributed by atoms with E-state index in [-0.39, 0.29) is 17.8 Å². The zero-order chi connectivity index (χ0) is 15.0. The van der Waals surface area contributed by atoms with Crippen LogP contribution in [0.2, 0.25) is 0 Å². The van der Waals surface area contributed by atoms with Crippen LogP contribution in [0.3, 0.4) is 0 Å². The lowest BCUT2D eigenvalue weighted by atomic mass is 9.88. The van der Waals surface area contributed by atoms with Crippen molar-refractivity contribution in [3.05, 3.63) is 16.0 Å². The smallest absolute Gasteiger partial charge is 0.341 e. The van der Waals surface area contributed by atoms with Crippen LogP contribution >= 0.6 is 11.3 Å². The Balaban J connectivity index is 1.93. The van der Waals surface area contributed by atoms with Crippen LogP contribution in [0.5, 0.6) is 0 Å². The third kappa shape index (κ3) is 2.98. The number of esters is 1. The minimum absolute atomic E-state index is 0.0483. The summed E-state index contributed by atoms with van der Waals surface area (Å²) in [7, 11) is 0. The zero-order valence-electron chi connectivity index (χ0n) is 12.5. The highest BCUT2D eigenvalue weighted by molar-refractivity contribution is 7.17. The number of ether oxygens (including phenoxy) is 1. The molecule has 0 aromatic carbocycles. The normalized spacial score (nSPS) is 20.8. The van der Waals surface area contributed by atoms with E-state index >= 15 is 0 Å². The first-order valence-corrected chi connectivity index (χ1v) is 8.54. The van der Waals surface area contributed by atoms with Gasteiger partial charge in [-0.25, -0.2) is 4.79 Å². The zero-order valence-corrected chi connectivity index (χ0v) is 13.3. The van der Waals surface area contributed by atoms with Gasteiger partial charge in [0.05, 0.1) is 12.2 Å². The molecule has 2 aliphatic carbocycles. The van der Waals surface area contributed by atoms with Crippen LogP contribution in [0.4, 0.5) is 5.00 Å². The van der Waals surface area contributed by atoms with Crippen molar-refractivity contribution in [2.75, 3.05) is 11.9 Å². The Labute approximate surface area is 128 Å². The average molecular weight is 307 g/mol. The number of aryl methyl sites for hydroxylation is 1. The van der Waals surface area contributed by atoms with Gasteiger partial charge in [0.15, 0.2) is 0 Å². The predicted molar refractivity (Wildman–Crippen MR) is 82.8 cm³/mol. The van der Waals surface area contributed by atoms with Crippen molar-refractivity contribution in [2.24, 2.45) is 11.8 Å². The molecule has 1 unspecified atom stereocenters. The Morgan fingerprint density at radius 2 is 2.10 bits per heavy atom. The average Bonchev–Trinajstić information content (AvgIpc) is 3.22. The van der Waals surface area contributed by atoms with Crippen LogP contribution in [0.1, 0.15) is 53.9 Å². The fourth-order valence-corrected chi connectivity index (χ4v) is 4.06. The number of rotatable bonds is 4. The summed E-state index contributed by atoms with van der Waals surface area (Å²) in [5.41, 5.74) is 1.71. The largest absolute Gasteiger partial charge is 0.462 e. The van der Waals surface area contributed by atoms with E-state index in [1.807, 2.05) is 6.92 Å². The summed E-state index contributed by atoms with van der Waals surface area (Å²) in [5.74, 6) is 0.466. The molecule has 21 heavy (non-hydrogen) atoms. The van der Waals surface area contributed by atoms with E-state index in [2.05, 4.69) is 12.2 Å². The molecule has 114 valence electrons. The lowest BCUT2D eigenvalue weighted by Crippen LogP contribution is -2.17. The van der Waals surface area contributed by atoms with Gasteiger partial charge in [0.1, 0.15) is 5.00 Å². The number of carbonyl (C=O) groups excluding carboxylic acids is 2. The minimum Gasteiger partial charge on any atom is -0.462 e. The van der Waals surface area contributed by atoms with Gasteiger partial charge in [-0.15, -0.1) is 11.3 Å². The Hall–Kier alpha value is -1.36. The maximum absolute atomic E-state index is 12.3. The molecule has 5 heteroatoms. The SMILES string of the molecule is CCOC(=O)c1c(NC(=O)C2CC2)sc2c1CC(C)CC2. The molecule has 1 aromatic rings. The maximum atomic E-state index is 12.3.